The summed E-state index contributed by atoms with van der Waals surface area (Å²) in [6, 6.07) is 4.64. The molecule has 3 heteroatoms. The first kappa shape index (κ1) is 11.8. The maximum Gasteiger partial charge on any atom is 0.137 e. The van der Waals surface area contributed by atoms with Gasteiger partial charge in [-0.25, -0.2) is 0 Å². The van der Waals surface area contributed by atoms with Gasteiger partial charge in [-0.05, 0) is 49.9 Å². The van der Waals surface area contributed by atoms with Gasteiger partial charge in [-0.15, -0.1) is 0 Å². The van der Waals surface area contributed by atoms with E-state index in [9.17, 15) is 4.79 Å². The Hall–Kier alpha value is -1.22. The van der Waals surface area contributed by atoms with Crippen LogP contribution in [0.25, 0.3) is 0 Å². The van der Waals surface area contributed by atoms with E-state index in [4.69, 9.17) is 0 Å². The third-order valence-corrected chi connectivity index (χ3v) is 4.37. The van der Waals surface area contributed by atoms with E-state index >= 15 is 0 Å². The summed E-state index contributed by atoms with van der Waals surface area (Å²) in [5.74, 6) is 0.816. The van der Waals surface area contributed by atoms with Crippen molar-refractivity contribution in [3.05, 3.63) is 30.1 Å². The number of carbonyl (C=O) groups excluding carboxylic acids is 1. The van der Waals surface area contributed by atoms with Crippen molar-refractivity contribution in [1.82, 2.24) is 9.88 Å². The molecule has 2 fully saturated rings. The summed E-state index contributed by atoms with van der Waals surface area (Å²) in [4.78, 5) is 18.5. The van der Waals surface area contributed by atoms with Crippen LogP contribution in [0.1, 0.15) is 37.7 Å². The SMILES string of the molecule is O=C1CCCC1C1CCCN1Cc1ccncc1. The van der Waals surface area contributed by atoms with Crippen molar-refractivity contribution in [2.24, 2.45) is 5.92 Å². The van der Waals surface area contributed by atoms with Gasteiger partial charge in [0.25, 0.3) is 0 Å². The first-order valence-electron chi connectivity index (χ1n) is 7.00. The lowest BCUT2D eigenvalue weighted by atomic mass is 9.95. The van der Waals surface area contributed by atoms with Crippen LogP contribution in [0, 0.1) is 5.92 Å². The third kappa shape index (κ3) is 2.32. The van der Waals surface area contributed by atoms with E-state index in [2.05, 4.69) is 22.0 Å². The molecule has 1 aromatic heterocycles. The van der Waals surface area contributed by atoms with Gasteiger partial charge in [0.2, 0.25) is 0 Å². The quantitative estimate of drug-likeness (QED) is 0.818. The summed E-state index contributed by atoms with van der Waals surface area (Å²) in [6.07, 6.45) is 9.15. The highest BCUT2D eigenvalue weighted by Gasteiger charge is 2.37. The van der Waals surface area contributed by atoms with Gasteiger partial charge in [0.05, 0.1) is 0 Å². The maximum atomic E-state index is 11.9. The monoisotopic (exact) mass is 244 g/mol. The second-order valence-corrected chi connectivity index (χ2v) is 5.50. The molecule has 0 bridgehead atoms. The van der Waals surface area contributed by atoms with Gasteiger partial charge >= 0.3 is 0 Å². The van der Waals surface area contributed by atoms with Crippen LogP contribution in [0.15, 0.2) is 24.5 Å². The number of rotatable bonds is 3. The van der Waals surface area contributed by atoms with Crippen molar-refractivity contribution in [2.75, 3.05) is 6.54 Å². The summed E-state index contributed by atoms with van der Waals surface area (Å²) >= 11 is 0. The Morgan fingerprint density at radius 2 is 2.06 bits per heavy atom. The fourth-order valence-electron chi connectivity index (χ4n) is 3.48. The number of ketones is 1. The molecule has 2 heterocycles. The van der Waals surface area contributed by atoms with Crippen molar-refractivity contribution >= 4 is 5.78 Å². The number of nitrogens with zero attached hydrogens (tertiary/aromatic N) is 2. The van der Waals surface area contributed by atoms with Crippen molar-refractivity contribution in [2.45, 2.75) is 44.7 Å². The molecule has 1 aliphatic heterocycles. The van der Waals surface area contributed by atoms with E-state index in [1.807, 2.05) is 12.4 Å². The highest BCUT2D eigenvalue weighted by Crippen LogP contribution is 2.33. The number of carbonyl (C=O) groups is 1. The summed E-state index contributed by atoms with van der Waals surface area (Å²) < 4.78 is 0. The number of hydrogen-bond donors (Lipinski definition) is 0. The Kier molecular flexibility index (Phi) is 3.41. The van der Waals surface area contributed by atoms with Gasteiger partial charge in [-0.3, -0.25) is 14.7 Å². The highest BCUT2D eigenvalue weighted by molar-refractivity contribution is 5.83. The Morgan fingerprint density at radius 1 is 1.22 bits per heavy atom. The minimum absolute atomic E-state index is 0.314. The average Bonchev–Trinajstić information content (AvgIpc) is 2.99. The first-order valence-corrected chi connectivity index (χ1v) is 7.00. The van der Waals surface area contributed by atoms with Crippen molar-refractivity contribution in [3.8, 4) is 0 Å². The first-order chi connectivity index (χ1) is 8.84. The molecule has 2 atom stereocenters. The summed E-state index contributed by atoms with van der Waals surface area (Å²) in [7, 11) is 0. The summed E-state index contributed by atoms with van der Waals surface area (Å²) in [5, 5.41) is 0. The van der Waals surface area contributed by atoms with Crippen LogP contribution in [-0.4, -0.2) is 28.3 Å². The molecule has 3 nitrogen and oxygen atoms in total. The van der Waals surface area contributed by atoms with Crippen LogP contribution in [0.4, 0.5) is 0 Å². The van der Waals surface area contributed by atoms with Gasteiger partial charge in [0.15, 0.2) is 0 Å². The van der Waals surface area contributed by atoms with E-state index in [1.54, 1.807) is 0 Å². The zero-order chi connectivity index (χ0) is 12.4. The molecule has 1 saturated carbocycles. The smallest absolute Gasteiger partial charge is 0.137 e. The third-order valence-electron chi connectivity index (χ3n) is 4.37. The lowest BCUT2D eigenvalue weighted by Crippen LogP contribution is -2.36. The van der Waals surface area contributed by atoms with Crippen LogP contribution in [0.5, 0.6) is 0 Å². The predicted octanol–water partition coefficient (Wildman–Crippen LogP) is 2.42. The minimum Gasteiger partial charge on any atom is -0.299 e. The van der Waals surface area contributed by atoms with Crippen LogP contribution in [-0.2, 0) is 11.3 Å². The van der Waals surface area contributed by atoms with E-state index in [1.165, 1.54) is 18.4 Å². The van der Waals surface area contributed by atoms with E-state index < -0.39 is 0 Å². The van der Waals surface area contributed by atoms with Gasteiger partial charge in [-0.2, -0.15) is 0 Å². The molecule has 1 aliphatic carbocycles. The van der Waals surface area contributed by atoms with Crippen molar-refractivity contribution in [1.29, 1.82) is 0 Å². The number of aromatic nitrogens is 1. The minimum atomic E-state index is 0.314. The summed E-state index contributed by atoms with van der Waals surface area (Å²) in [5.41, 5.74) is 1.31. The highest BCUT2D eigenvalue weighted by atomic mass is 16.1. The number of hydrogen-bond acceptors (Lipinski definition) is 3. The number of Topliss-reactive ketones (excluding diaryl/α,β-unsaturated/α-hetero) is 1. The Balaban J connectivity index is 1.69. The fraction of sp³-hybridized carbons (Fsp3) is 0.600. The van der Waals surface area contributed by atoms with Crippen molar-refractivity contribution in [3.63, 3.8) is 0 Å². The Labute approximate surface area is 108 Å². The molecular formula is C15H20N2O. The molecule has 1 saturated heterocycles. The van der Waals surface area contributed by atoms with Crippen LogP contribution < -0.4 is 0 Å². The molecule has 1 aromatic rings. The molecule has 0 aromatic carbocycles. The van der Waals surface area contributed by atoms with E-state index in [0.29, 0.717) is 17.7 Å². The topological polar surface area (TPSA) is 33.2 Å². The molecule has 0 amide bonds. The molecule has 96 valence electrons. The van der Waals surface area contributed by atoms with Crippen molar-refractivity contribution < 1.29 is 4.79 Å². The fourth-order valence-corrected chi connectivity index (χ4v) is 3.48. The zero-order valence-electron chi connectivity index (χ0n) is 10.7. The normalized spacial score (nSPS) is 29.0. The van der Waals surface area contributed by atoms with Crippen LogP contribution in [0.2, 0.25) is 0 Å². The van der Waals surface area contributed by atoms with Gasteiger partial charge in [0.1, 0.15) is 5.78 Å². The molecule has 3 rings (SSSR count). The molecule has 0 radical (unpaired) electrons. The molecule has 2 aliphatic rings. The van der Waals surface area contributed by atoms with E-state index in [0.717, 1.165) is 32.4 Å². The maximum absolute atomic E-state index is 11.9. The van der Waals surface area contributed by atoms with E-state index in [-0.39, 0.29) is 0 Å². The second kappa shape index (κ2) is 5.19. The van der Waals surface area contributed by atoms with Crippen LogP contribution in [0.3, 0.4) is 0 Å². The Morgan fingerprint density at radius 3 is 2.78 bits per heavy atom. The lowest BCUT2D eigenvalue weighted by molar-refractivity contribution is -0.122. The number of pyridine rings is 1. The standard InChI is InChI=1S/C15H20N2O/c18-15-5-1-3-13(15)14-4-2-10-17(14)11-12-6-8-16-9-7-12/h6-9,13-14H,1-5,10-11H2. The molecule has 18 heavy (non-hydrogen) atoms. The van der Waals surface area contributed by atoms with Gasteiger partial charge in [-0.1, -0.05) is 0 Å². The largest absolute Gasteiger partial charge is 0.299 e. The van der Waals surface area contributed by atoms with Gasteiger partial charge < -0.3 is 0 Å². The molecule has 2 unspecified atom stereocenters. The van der Waals surface area contributed by atoms with Crippen LogP contribution >= 0.6 is 0 Å². The number of likely N-dealkylation sites (tertiary alicyclic amines) is 1. The average molecular weight is 244 g/mol. The lowest BCUT2D eigenvalue weighted by Gasteiger charge is -2.28. The van der Waals surface area contributed by atoms with Gasteiger partial charge in [0, 0.05) is 37.3 Å². The second-order valence-electron chi connectivity index (χ2n) is 5.50. The summed E-state index contributed by atoms with van der Waals surface area (Å²) in [6.45, 7) is 2.10. The predicted molar refractivity (Wildman–Crippen MR) is 70.0 cm³/mol. The molecule has 0 spiro atoms. The Bertz CT molecular complexity index is 418. The molecular weight excluding hydrogens is 224 g/mol. The molecule has 0 N–H and O–H groups in total. The zero-order valence-corrected chi connectivity index (χ0v) is 10.7.